The zero-order valence-corrected chi connectivity index (χ0v) is 19.2. The number of aromatic nitrogens is 1. The van der Waals surface area contributed by atoms with Crippen molar-refractivity contribution in [2.24, 2.45) is 5.92 Å². The van der Waals surface area contributed by atoms with E-state index >= 15 is 0 Å². The smallest absolute Gasteiger partial charge is 0.230 e. The standard InChI is InChI=1S/C21H20Cl2N2O4S/c1-9(26)18-21(3,4)30-20-11(19(28)25(18)20)8-14(27)15-10(2)29-24-17(15)16-12(22)6-5-7-13(16)23/h5-7,11,18,20H,8H2,1-4H3/t11-,18+,20-/m1/s1. The Kier molecular flexibility index (Phi) is 5.27. The van der Waals surface area contributed by atoms with E-state index in [4.69, 9.17) is 27.7 Å². The topological polar surface area (TPSA) is 80.5 Å². The number of nitrogens with zero attached hydrogens (tertiary/aromatic N) is 2. The molecular formula is C21H20Cl2N2O4S. The van der Waals surface area contributed by atoms with E-state index in [0.717, 1.165) is 0 Å². The normalized spacial score (nSPS) is 24.5. The molecule has 0 aliphatic carbocycles. The molecule has 0 saturated carbocycles. The summed E-state index contributed by atoms with van der Waals surface area (Å²) in [5.41, 5.74) is 0.981. The van der Waals surface area contributed by atoms with Gasteiger partial charge in [-0.1, -0.05) is 34.4 Å². The van der Waals surface area contributed by atoms with Crippen molar-refractivity contribution in [1.82, 2.24) is 10.1 Å². The lowest BCUT2D eigenvalue weighted by Gasteiger charge is -2.44. The fourth-order valence-corrected chi connectivity index (χ4v) is 6.77. The number of aryl methyl sites for hydroxylation is 1. The maximum Gasteiger partial charge on any atom is 0.230 e. The van der Waals surface area contributed by atoms with Gasteiger partial charge in [0.25, 0.3) is 0 Å². The van der Waals surface area contributed by atoms with E-state index < -0.39 is 16.7 Å². The number of benzene rings is 1. The van der Waals surface area contributed by atoms with Crippen molar-refractivity contribution in [3.05, 3.63) is 39.6 Å². The summed E-state index contributed by atoms with van der Waals surface area (Å²) in [5, 5.41) is 4.53. The molecule has 6 nitrogen and oxygen atoms in total. The quantitative estimate of drug-likeness (QED) is 0.465. The second-order valence-electron chi connectivity index (χ2n) is 8.16. The predicted octanol–water partition coefficient (Wildman–Crippen LogP) is 4.80. The maximum absolute atomic E-state index is 13.2. The largest absolute Gasteiger partial charge is 0.360 e. The van der Waals surface area contributed by atoms with Gasteiger partial charge in [-0.3, -0.25) is 14.4 Å². The van der Waals surface area contributed by atoms with Crippen molar-refractivity contribution in [2.45, 2.75) is 50.3 Å². The summed E-state index contributed by atoms with van der Waals surface area (Å²) in [6.07, 6.45) is 0.00479. The van der Waals surface area contributed by atoms with Crippen molar-refractivity contribution in [1.29, 1.82) is 0 Å². The van der Waals surface area contributed by atoms with Crippen LogP contribution in [0.5, 0.6) is 0 Å². The summed E-state index contributed by atoms with van der Waals surface area (Å²) in [6.45, 7) is 7.05. The van der Waals surface area contributed by atoms with E-state index in [2.05, 4.69) is 5.16 Å². The van der Waals surface area contributed by atoms with E-state index in [1.54, 1.807) is 41.8 Å². The fourth-order valence-electron chi connectivity index (χ4n) is 4.44. The lowest BCUT2D eigenvalue weighted by Crippen LogP contribution is -2.62. The zero-order valence-electron chi connectivity index (χ0n) is 16.9. The highest BCUT2D eigenvalue weighted by Gasteiger charge is 2.62. The molecule has 2 saturated heterocycles. The van der Waals surface area contributed by atoms with Crippen molar-refractivity contribution in [2.75, 3.05) is 0 Å². The average molecular weight is 467 g/mol. The van der Waals surface area contributed by atoms with Crippen molar-refractivity contribution >= 4 is 52.4 Å². The first-order valence-electron chi connectivity index (χ1n) is 9.49. The van der Waals surface area contributed by atoms with E-state index in [-0.39, 0.29) is 40.5 Å². The molecule has 9 heteroatoms. The Hall–Kier alpha value is -1.83. The van der Waals surface area contributed by atoms with Crippen LogP contribution >= 0.6 is 35.0 Å². The van der Waals surface area contributed by atoms with Gasteiger partial charge in [0, 0.05) is 16.7 Å². The maximum atomic E-state index is 13.2. The lowest BCUT2D eigenvalue weighted by molar-refractivity contribution is -0.156. The Labute approximate surface area is 188 Å². The van der Waals surface area contributed by atoms with Crippen LogP contribution in [0.2, 0.25) is 10.0 Å². The second kappa shape index (κ2) is 7.39. The second-order valence-corrected chi connectivity index (χ2v) is 10.7. The van der Waals surface area contributed by atoms with Crippen LogP contribution in [-0.2, 0) is 9.59 Å². The summed E-state index contributed by atoms with van der Waals surface area (Å²) in [6, 6.07) is 4.55. The minimum Gasteiger partial charge on any atom is -0.360 e. The summed E-state index contributed by atoms with van der Waals surface area (Å²) in [7, 11) is 0. The number of halogens is 2. The monoisotopic (exact) mass is 466 g/mol. The first-order valence-corrected chi connectivity index (χ1v) is 11.1. The Morgan fingerprint density at radius 1 is 1.27 bits per heavy atom. The van der Waals surface area contributed by atoms with Crippen molar-refractivity contribution < 1.29 is 18.9 Å². The minimum absolute atomic E-state index is 0.00479. The number of thioether (sulfide) groups is 1. The predicted molar refractivity (Wildman–Crippen MR) is 116 cm³/mol. The molecule has 3 atom stereocenters. The number of rotatable bonds is 5. The van der Waals surface area contributed by atoms with Gasteiger partial charge in [-0.05, 0) is 39.8 Å². The molecular weight excluding hydrogens is 447 g/mol. The van der Waals surface area contributed by atoms with Gasteiger partial charge in [0.05, 0.1) is 26.9 Å². The van der Waals surface area contributed by atoms with Gasteiger partial charge in [-0.15, -0.1) is 11.8 Å². The molecule has 2 aliphatic heterocycles. The van der Waals surface area contributed by atoms with Crippen LogP contribution in [0.1, 0.15) is 43.3 Å². The van der Waals surface area contributed by atoms with Crippen LogP contribution < -0.4 is 0 Å². The number of Topliss-reactive ketones (excluding diaryl/α,β-unsaturated/α-hetero) is 2. The molecule has 0 bridgehead atoms. The highest BCUT2D eigenvalue weighted by molar-refractivity contribution is 8.01. The molecule has 0 spiro atoms. The van der Waals surface area contributed by atoms with Crippen LogP contribution in [-0.4, -0.2) is 43.7 Å². The molecule has 2 aliphatic rings. The number of ketones is 2. The number of fused-ring (bicyclic) bond motifs is 1. The van der Waals surface area contributed by atoms with Gasteiger partial charge in [0.15, 0.2) is 11.6 Å². The molecule has 4 rings (SSSR count). The van der Waals surface area contributed by atoms with E-state index in [1.165, 1.54) is 6.92 Å². The molecule has 2 aromatic rings. The molecule has 1 amide bonds. The molecule has 30 heavy (non-hydrogen) atoms. The highest BCUT2D eigenvalue weighted by Crippen LogP contribution is 2.54. The average Bonchev–Trinajstić information content (AvgIpc) is 3.14. The Morgan fingerprint density at radius 3 is 2.50 bits per heavy atom. The van der Waals surface area contributed by atoms with Crippen LogP contribution in [0, 0.1) is 12.8 Å². The van der Waals surface area contributed by atoms with Crippen LogP contribution in [0.15, 0.2) is 22.7 Å². The van der Waals surface area contributed by atoms with Gasteiger partial charge in [-0.2, -0.15) is 0 Å². The van der Waals surface area contributed by atoms with Crippen LogP contribution in [0.4, 0.5) is 0 Å². The third-order valence-corrected chi connectivity index (χ3v) is 7.94. The fraction of sp³-hybridized carbons (Fsp3) is 0.429. The summed E-state index contributed by atoms with van der Waals surface area (Å²) < 4.78 is 4.88. The molecule has 1 aromatic heterocycles. The Bertz CT molecular complexity index is 1060. The highest BCUT2D eigenvalue weighted by atomic mass is 35.5. The van der Waals surface area contributed by atoms with Crippen molar-refractivity contribution in [3.63, 3.8) is 0 Å². The first kappa shape index (κ1) is 21.4. The Balaban J connectivity index is 1.62. The first-order chi connectivity index (χ1) is 14.0. The third-order valence-electron chi connectivity index (χ3n) is 5.68. The summed E-state index contributed by atoms with van der Waals surface area (Å²) >= 11 is 14.2. The number of β-lactam (4-membered cyclic amide) rings is 1. The molecule has 0 unspecified atom stereocenters. The van der Waals surface area contributed by atoms with Gasteiger partial charge in [-0.25, -0.2) is 0 Å². The molecule has 0 N–H and O–H groups in total. The van der Waals surface area contributed by atoms with Gasteiger partial charge in [0.2, 0.25) is 5.91 Å². The zero-order chi connectivity index (χ0) is 22.0. The van der Waals surface area contributed by atoms with Crippen LogP contribution in [0.3, 0.4) is 0 Å². The molecule has 1 aromatic carbocycles. The summed E-state index contributed by atoms with van der Waals surface area (Å²) in [4.78, 5) is 39.8. The van der Waals surface area contributed by atoms with E-state index in [0.29, 0.717) is 21.4 Å². The summed E-state index contributed by atoms with van der Waals surface area (Å²) in [5.74, 6) is -0.621. The van der Waals surface area contributed by atoms with E-state index in [9.17, 15) is 14.4 Å². The third kappa shape index (κ3) is 3.18. The van der Waals surface area contributed by atoms with Gasteiger partial charge in [0.1, 0.15) is 17.5 Å². The minimum atomic E-state index is -0.491. The number of hydrogen-bond donors (Lipinski definition) is 0. The molecule has 0 radical (unpaired) electrons. The Morgan fingerprint density at radius 2 is 1.90 bits per heavy atom. The number of hydrogen-bond acceptors (Lipinski definition) is 6. The van der Waals surface area contributed by atoms with E-state index in [1.807, 2.05) is 13.8 Å². The SMILES string of the molecule is CC(=O)[C@@H]1N2C(=O)[C@@H](CC(=O)c3c(-c4c(Cl)cccc4Cl)noc3C)[C@H]2SC1(C)C. The molecule has 3 heterocycles. The molecule has 2 fully saturated rings. The van der Waals surface area contributed by atoms with Crippen molar-refractivity contribution in [3.8, 4) is 11.3 Å². The number of carbonyl (C=O) groups is 3. The number of carbonyl (C=O) groups excluding carboxylic acids is 3. The molecule has 158 valence electrons. The van der Waals surface area contributed by atoms with Crippen LogP contribution in [0.25, 0.3) is 11.3 Å². The van der Waals surface area contributed by atoms with Gasteiger partial charge >= 0.3 is 0 Å². The van der Waals surface area contributed by atoms with Gasteiger partial charge < -0.3 is 9.42 Å². The lowest BCUT2D eigenvalue weighted by atomic mass is 9.85. The number of amides is 1.